The van der Waals surface area contributed by atoms with Crippen LogP contribution in [-0.4, -0.2) is 33.9 Å². The van der Waals surface area contributed by atoms with Crippen molar-refractivity contribution in [3.05, 3.63) is 33.1 Å². The molecule has 0 aliphatic heterocycles. The molecule has 6 nitrogen and oxygen atoms in total. The standard InChI is InChI=1S/C10H12ClFN2O4/c1-10(16,5-15)4-13-8-2-6(11)7(12)3-9(8)14(17)18/h2-3,13,15-16H,4-5H2,1H3. The summed E-state index contributed by atoms with van der Waals surface area (Å²) in [6.07, 6.45) is 0. The fraction of sp³-hybridized carbons (Fsp3) is 0.400. The zero-order chi connectivity index (χ0) is 13.9. The molecule has 0 aliphatic carbocycles. The van der Waals surface area contributed by atoms with Crippen molar-refractivity contribution in [1.82, 2.24) is 0 Å². The Balaban J connectivity index is 3.01. The molecule has 0 bridgehead atoms. The van der Waals surface area contributed by atoms with E-state index in [9.17, 15) is 19.6 Å². The molecular weight excluding hydrogens is 267 g/mol. The maximum absolute atomic E-state index is 13.1. The summed E-state index contributed by atoms with van der Waals surface area (Å²) < 4.78 is 13.1. The summed E-state index contributed by atoms with van der Waals surface area (Å²) in [6.45, 7) is 0.673. The first-order chi connectivity index (χ1) is 8.26. The van der Waals surface area contributed by atoms with E-state index >= 15 is 0 Å². The number of aliphatic hydroxyl groups is 2. The minimum atomic E-state index is -1.45. The van der Waals surface area contributed by atoms with Gasteiger partial charge in [-0.25, -0.2) is 4.39 Å². The number of nitro groups is 1. The van der Waals surface area contributed by atoms with Gasteiger partial charge in [-0.2, -0.15) is 0 Å². The Bertz CT molecular complexity index is 467. The van der Waals surface area contributed by atoms with Crippen LogP contribution in [0.2, 0.25) is 5.02 Å². The molecule has 0 saturated carbocycles. The smallest absolute Gasteiger partial charge is 0.295 e. The summed E-state index contributed by atoms with van der Waals surface area (Å²) in [5, 5.41) is 31.4. The van der Waals surface area contributed by atoms with E-state index in [1.807, 2.05) is 0 Å². The summed E-state index contributed by atoms with van der Waals surface area (Å²) in [4.78, 5) is 9.95. The number of anilines is 1. The third kappa shape index (κ3) is 3.52. The average molecular weight is 279 g/mol. The minimum absolute atomic E-state index is 0.0277. The quantitative estimate of drug-likeness (QED) is 0.561. The third-order valence-corrected chi connectivity index (χ3v) is 2.53. The van der Waals surface area contributed by atoms with Gasteiger partial charge in [-0.15, -0.1) is 0 Å². The molecule has 0 fully saturated rings. The zero-order valence-corrected chi connectivity index (χ0v) is 10.2. The van der Waals surface area contributed by atoms with E-state index in [1.54, 1.807) is 0 Å². The van der Waals surface area contributed by atoms with E-state index < -0.39 is 28.6 Å². The molecule has 1 rings (SSSR count). The largest absolute Gasteiger partial charge is 0.393 e. The maximum atomic E-state index is 13.1. The van der Waals surface area contributed by atoms with Crippen LogP contribution < -0.4 is 5.32 Å². The molecule has 0 radical (unpaired) electrons. The summed E-state index contributed by atoms with van der Waals surface area (Å²) in [6, 6.07) is 1.75. The molecule has 3 N–H and O–H groups in total. The highest BCUT2D eigenvalue weighted by atomic mass is 35.5. The molecule has 100 valence electrons. The highest BCUT2D eigenvalue weighted by molar-refractivity contribution is 6.31. The van der Waals surface area contributed by atoms with Crippen molar-refractivity contribution in [3.63, 3.8) is 0 Å². The number of hydrogen-bond acceptors (Lipinski definition) is 5. The fourth-order valence-corrected chi connectivity index (χ4v) is 1.33. The van der Waals surface area contributed by atoms with E-state index in [2.05, 4.69) is 5.32 Å². The first-order valence-electron chi connectivity index (χ1n) is 4.97. The van der Waals surface area contributed by atoms with E-state index in [0.717, 1.165) is 6.07 Å². The van der Waals surface area contributed by atoms with Crippen LogP contribution in [0.3, 0.4) is 0 Å². The number of aliphatic hydroxyl groups excluding tert-OH is 1. The molecule has 0 aromatic heterocycles. The summed E-state index contributed by atoms with van der Waals surface area (Å²) >= 11 is 5.52. The van der Waals surface area contributed by atoms with Crippen molar-refractivity contribution < 1.29 is 19.5 Å². The topological polar surface area (TPSA) is 95.6 Å². The molecule has 1 aromatic carbocycles. The predicted octanol–water partition coefficient (Wildman–Crippen LogP) is 1.54. The van der Waals surface area contributed by atoms with Gasteiger partial charge in [-0.1, -0.05) is 11.6 Å². The molecule has 0 saturated heterocycles. The molecule has 1 unspecified atom stereocenters. The van der Waals surface area contributed by atoms with Crippen molar-refractivity contribution in [2.24, 2.45) is 0 Å². The Morgan fingerprint density at radius 2 is 2.22 bits per heavy atom. The lowest BCUT2D eigenvalue weighted by Crippen LogP contribution is -2.37. The van der Waals surface area contributed by atoms with Gasteiger partial charge in [0.25, 0.3) is 5.69 Å². The van der Waals surface area contributed by atoms with Crippen LogP contribution in [0.25, 0.3) is 0 Å². The maximum Gasteiger partial charge on any atom is 0.295 e. The molecule has 0 amide bonds. The molecule has 8 heteroatoms. The number of nitrogens with one attached hydrogen (secondary N) is 1. The van der Waals surface area contributed by atoms with E-state index in [0.29, 0.717) is 6.07 Å². The number of halogens is 2. The average Bonchev–Trinajstić information content (AvgIpc) is 2.30. The normalized spacial score (nSPS) is 14.1. The van der Waals surface area contributed by atoms with Crippen LogP contribution in [0.15, 0.2) is 12.1 Å². The third-order valence-electron chi connectivity index (χ3n) is 2.24. The van der Waals surface area contributed by atoms with Crippen molar-refractivity contribution in [3.8, 4) is 0 Å². The van der Waals surface area contributed by atoms with Crippen LogP contribution in [0, 0.1) is 15.9 Å². The van der Waals surface area contributed by atoms with Crippen molar-refractivity contribution in [2.45, 2.75) is 12.5 Å². The Morgan fingerprint density at radius 3 is 2.72 bits per heavy atom. The van der Waals surface area contributed by atoms with Gasteiger partial charge in [-0.05, 0) is 13.0 Å². The lowest BCUT2D eigenvalue weighted by molar-refractivity contribution is -0.384. The first kappa shape index (κ1) is 14.6. The Kier molecular flexibility index (Phi) is 4.44. The van der Waals surface area contributed by atoms with Gasteiger partial charge in [0.1, 0.15) is 17.1 Å². The Labute approximate surface area is 107 Å². The number of rotatable bonds is 5. The second kappa shape index (κ2) is 5.47. The summed E-state index contributed by atoms with van der Waals surface area (Å²) in [5.74, 6) is -0.900. The molecule has 18 heavy (non-hydrogen) atoms. The predicted molar refractivity (Wildman–Crippen MR) is 64.3 cm³/mol. The summed E-state index contributed by atoms with van der Waals surface area (Å²) in [7, 11) is 0. The van der Waals surface area contributed by atoms with E-state index in [4.69, 9.17) is 16.7 Å². The fourth-order valence-electron chi connectivity index (χ4n) is 1.17. The molecular formula is C10H12ClFN2O4. The van der Waals surface area contributed by atoms with Gasteiger partial charge < -0.3 is 15.5 Å². The molecule has 0 spiro atoms. The van der Waals surface area contributed by atoms with Gasteiger partial charge in [0.2, 0.25) is 0 Å². The van der Waals surface area contributed by atoms with Crippen LogP contribution in [-0.2, 0) is 0 Å². The lowest BCUT2D eigenvalue weighted by Gasteiger charge is -2.21. The second-order valence-corrected chi connectivity index (χ2v) is 4.46. The van der Waals surface area contributed by atoms with Crippen molar-refractivity contribution in [2.75, 3.05) is 18.5 Å². The van der Waals surface area contributed by atoms with Gasteiger partial charge in [0.15, 0.2) is 0 Å². The number of nitro benzene ring substituents is 1. The van der Waals surface area contributed by atoms with Crippen molar-refractivity contribution >= 4 is 23.0 Å². The van der Waals surface area contributed by atoms with Gasteiger partial charge in [0, 0.05) is 6.54 Å². The lowest BCUT2D eigenvalue weighted by atomic mass is 10.1. The van der Waals surface area contributed by atoms with E-state index in [-0.39, 0.29) is 17.3 Å². The highest BCUT2D eigenvalue weighted by Crippen LogP contribution is 2.30. The number of nitrogens with zero attached hydrogens (tertiary/aromatic N) is 1. The first-order valence-corrected chi connectivity index (χ1v) is 5.35. The molecule has 1 atom stereocenters. The SMILES string of the molecule is CC(O)(CO)CNc1cc(Cl)c(F)cc1[N+](=O)[O-]. The molecule has 0 heterocycles. The number of hydrogen-bond donors (Lipinski definition) is 3. The molecule has 1 aromatic rings. The summed E-state index contributed by atoms with van der Waals surface area (Å²) in [5.41, 5.74) is -1.97. The van der Waals surface area contributed by atoms with Gasteiger partial charge in [0.05, 0.1) is 22.6 Å². The van der Waals surface area contributed by atoms with E-state index in [1.165, 1.54) is 6.92 Å². The molecule has 0 aliphatic rings. The minimum Gasteiger partial charge on any atom is -0.393 e. The second-order valence-electron chi connectivity index (χ2n) is 4.05. The van der Waals surface area contributed by atoms with Gasteiger partial charge in [-0.3, -0.25) is 10.1 Å². The van der Waals surface area contributed by atoms with Crippen LogP contribution >= 0.6 is 11.6 Å². The van der Waals surface area contributed by atoms with Gasteiger partial charge >= 0.3 is 0 Å². The number of benzene rings is 1. The Morgan fingerprint density at radius 1 is 1.61 bits per heavy atom. The van der Waals surface area contributed by atoms with Crippen LogP contribution in [0.1, 0.15) is 6.92 Å². The van der Waals surface area contributed by atoms with Crippen LogP contribution in [0.4, 0.5) is 15.8 Å². The Hall–Kier alpha value is -1.44. The zero-order valence-electron chi connectivity index (χ0n) is 9.48. The van der Waals surface area contributed by atoms with Crippen molar-refractivity contribution in [1.29, 1.82) is 0 Å². The monoisotopic (exact) mass is 278 g/mol. The van der Waals surface area contributed by atoms with Crippen LogP contribution in [0.5, 0.6) is 0 Å². The highest BCUT2D eigenvalue weighted by Gasteiger charge is 2.22.